The van der Waals surface area contributed by atoms with Crippen molar-refractivity contribution in [1.82, 2.24) is 0 Å². The third-order valence-corrected chi connectivity index (χ3v) is 5.36. The van der Waals surface area contributed by atoms with Crippen molar-refractivity contribution >= 4 is 5.57 Å². The molecule has 1 aromatic carbocycles. The quantitative estimate of drug-likeness (QED) is 0.414. The van der Waals surface area contributed by atoms with Crippen LogP contribution >= 0.6 is 0 Å². The maximum atomic E-state index is 5.64. The van der Waals surface area contributed by atoms with Gasteiger partial charge < -0.3 is 4.74 Å². The summed E-state index contributed by atoms with van der Waals surface area (Å²) in [6.07, 6.45) is 5.69. The summed E-state index contributed by atoms with van der Waals surface area (Å²) in [5.74, 6) is 2.05. The molecular weight excluding hydrogens is 328 g/mol. The second kappa shape index (κ2) is 12.8. The Kier molecular flexibility index (Phi) is 12.1. The standard InChI is InChI=1S/C24H38O.C2H6/c1-10-17(5)24(18(6)11-2)22-14-20(8)23(25-9)15-21(22)19(7)13-12-16(3)4;1-2/h12,14-15,17,19H,10-11,13H2,1-9H3;1-2H3/b24-18-;. The molecule has 0 spiro atoms. The number of aryl methyl sites for hydroxylation is 1. The molecule has 1 aromatic rings. The molecule has 0 aromatic heterocycles. The lowest BCUT2D eigenvalue weighted by atomic mass is 9.80. The van der Waals surface area contributed by atoms with Crippen LogP contribution in [-0.2, 0) is 0 Å². The lowest BCUT2D eigenvalue weighted by Gasteiger charge is -2.25. The van der Waals surface area contributed by atoms with Crippen LogP contribution in [0.15, 0.2) is 29.4 Å². The summed E-state index contributed by atoms with van der Waals surface area (Å²) in [6.45, 7) is 22.1. The molecule has 1 heteroatoms. The monoisotopic (exact) mass is 372 g/mol. The Bertz CT molecular complexity index is 630. The molecule has 0 amide bonds. The molecule has 27 heavy (non-hydrogen) atoms. The molecular formula is C26H44O. The van der Waals surface area contributed by atoms with Gasteiger partial charge in [-0.15, -0.1) is 0 Å². The molecule has 0 aliphatic heterocycles. The van der Waals surface area contributed by atoms with E-state index in [0.29, 0.717) is 11.8 Å². The van der Waals surface area contributed by atoms with E-state index < -0.39 is 0 Å². The van der Waals surface area contributed by atoms with Crippen molar-refractivity contribution in [3.8, 4) is 5.75 Å². The highest BCUT2D eigenvalue weighted by Gasteiger charge is 2.20. The zero-order valence-corrected chi connectivity index (χ0v) is 19.9. The third kappa shape index (κ3) is 7.20. The Morgan fingerprint density at radius 3 is 2.11 bits per heavy atom. The number of benzene rings is 1. The van der Waals surface area contributed by atoms with Gasteiger partial charge in [-0.05, 0) is 93.2 Å². The Labute approximate surface area is 169 Å². The minimum absolute atomic E-state index is 0.475. The summed E-state index contributed by atoms with van der Waals surface area (Å²) in [7, 11) is 1.77. The first-order valence-electron chi connectivity index (χ1n) is 10.8. The molecule has 0 heterocycles. The maximum Gasteiger partial charge on any atom is 0.122 e. The van der Waals surface area contributed by atoms with Crippen LogP contribution in [0.3, 0.4) is 0 Å². The van der Waals surface area contributed by atoms with E-state index in [1.165, 1.54) is 39.8 Å². The van der Waals surface area contributed by atoms with Crippen LogP contribution < -0.4 is 4.74 Å². The van der Waals surface area contributed by atoms with Crippen molar-refractivity contribution in [3.05, 3.63) is 46.0 Å². The summed E-state index contributed by atoms with van der Waals surface area (Å²) in [5.41, 5.74) is 8.50. The number of hydrogen-bond donors (Lipinski definition) is 0. The lowest BCUT2D eigenvalue weighted by Crippen LogP contribution is -2.07. The first-order chi connectivity index (χ1) is 12.8. The SMILES string of the molecule is CC.CC/C(C)=C(\c1cc(C)c(OC)cc1C(C)CC=C(C)C)C(C)CC. The van der Waals surface area contributed by atoms with Gasteiger partial charge in [-0.1, -0.05) is 58.8 Å². The largest absolute Gasteiger partial charge is 0.496 e. The molecule has 0 aliphatic carbocycles. The van der Waals surface area contributed by atoms with Crippen LogP contribution in [0.4, 0.5) is 0 Å². The average molecular weight is 373 g/mol. The number of allylic oxidation sites excluding steroid dienone is 4. The molecule has 2 unspecified atom stereocenters. The zero-order valence-electron chi connectivity index (χ0n) is 19.9. The minimum Gasteiger partial charge on any atom is -0.496 e. The normalized spacial score (nSPS) is 13.7. The van der Waals surface area contributed by atoms with E-state index in [1.807, 2.05) is 13.8 Å². The van der Waals surface area contributed by atoms with Gasteiger partial charge in [-0.2, -0.15) is 0 Å². The van der Waals surface area contributed by atoms with E-state index in [9.17, 15) is 0 Å². The predicted molar refractivity (Wildman–Crippen MR) is 124 cm³/mol. The fourth-order valence-corrected chi connectivity index (χ4v) is 3.41. The zero-order chi connectivity index (χ0) is 21.1. The van der Waals surface area contributed by atoms with Crippen molar-refractivity contribution in [2.75, 3.05) is 7.11 Å². The van der Waals surface area contributed by atoms with E-state index >= 15 is 0 Å². The van der Waals surface area contributed by atoms with Crippen molar-refractivity contribution < 1.29 is 4.74 Å². The summed E-state index contributed by atoms with van der Waals surface area (Å²) in [6, 6.07) is 4.63. The van der Waals surface area contributed by atoms with Crippen molar-refractivity contribution in [1.29, 1.82) is 0 Å². The molecule has 154 valence electrons. The molecule has 1 nitrogen and oxygen atoms in total. The fourth-order valence-electron chi connectivity index (χ4n) is 3.41. The van der Waals surface area contributed by atoms with Crippen LogP contribution in [0.5, 0.6) is 5.75 Å². The van der Waals surface area contributed by atoms with Gasteiger partial charge in [-0.25, -0.2) is 0 Å². The molecule has 0 bridgehead atoms. The maximum absolute atomic E-state index is 5.64. The van der Waals surface area contributed by atoms with E-state index in [2.05, 4.69) is 73.6 Å². The first kappa shape index (κ1) is 25.5. The van der Waals surface area contributed by atoms with Gasteiger partial charge in [0.05, 0.1) is 7.11 Å². The molecule has 0 radical (unpaired) electrons. The summed E-state index contributed by atoms with van der Waals surface area (Å²) in [5, 5.41) is 0. The molecule has 0 aliphatic rings. The van der Waals surface area contributed by atoms with E-state index in [4.69, 9.17) is 4.74 Å². The minimum atomic E-state index is 0.475. The summed E-state index contributed by atoms with van der Waals surface area (Å²) >= 11 is 0. The molecule has 2 atom stereocenters. The lowest BCUT2D eigenvalue weighted by molar-refractivity contribution is 0.410. The number of methoxy groups -OCH3 is 1. The third-order valence-electron chi connectivity index (χ3n) is 5.36. The fraction of sp³-hybridized carbons (Fsp3) is 0.615. The van der Waals surface area contributed by atoms with E-state index in [-0.39, 0.29) is 0 Å². The van der Waals surface area contributed by atoms with Crippen LogP contribution in [0.25, 0.3) is 5.57 Å². The molecule has 0 saturated heterocycles. The van der Waals surface area contributed by atoms with Gasteiger partial charge in [0.25, 0.3) is 0 Å². The van der Waals surface area contributed by atoms with E-state index in [0.717, 1.165) is 18.6 Å². The highest BCUT2D eigenvalue weighted by atomic mass is 16.5. The average Bonchev–Trinajstić information content (AvgIpc) is 2.67. The van der Waals surface area contributed by atoms with Crippen molar-refractivity contribution in [2.24, 2.45) is 5.92 Å². The molecule has 1 rings (SSSR count). The Morgan fingerprint density at radius 2 is 1.67 bits per heavy atom. The van der Waals surface area contributed by atoms with Gasteiger partial charge >= 0.3 is 0 Å². The number of ether oxygens (including phenoxy) is 1. The van der Waals surface area contributed by atoms with Gasteiger partial charge in [0.2, 0.25) is 0 Å². The van der Waals surface area contributed by atoms with Gasteiger partial charge in [0, 0.05) is 0 Å². The Balaban J connectivity index is 0.00000326. The van der Waals surface area contributed by atoms with Crippen LogP contribution in [0.1, 0.15) is 104 Å². The highest BCUT2D eigenvalue weighted by molar-refractivity contribution is 5.74. The summed E-state index contributed by atoms with van der Waals surface area (Å²) in [4.78, 5) is 0. The number of hydrogen-bond acceptors (Lipinski definition) is 1. The Morgan fingerprint density at radius 1 is 1.07 bits per heavy atom. The van der Waals surface area contributed by atoms with Crippen LogP contribution in [0.2, 0.25) is 0 Å². The van der Waals surface area contributed by atoms with Gasteiger partial charge in [-0.3, -0.25) is 0 Å². The number of rotatable bonds is 8. The molecule has 0 N–H and O–H groups in total. The second-order valence-corrected chi connectivity index (χ2v) is 7.68. The van der Waals surface area contributed by atoms with Crippen LogP contribution in [0, 0.1) is 12.8 Å². The van der Waals surface area contributed by atoms with Gasteiger partial charge in [0.15, 0.2) is 0 Å². The predicted octanol–water partition coefficient (Wildman–Crippen LogP) is 8.72. The Hall–Kier alpha value is -1.50. The van der Waals surface area contributed by atoms with Crippen LogP contribution in [-0.4, -0.2) is 7.11 Å². The van der Waals surface area contributed by atoms with Gasteiger partial charge in [0.1, 0.15) is 5.75 Å². The second-order valence-electron chi connectivity index (χ2n) is 7.68. The summed E-state index contributed by atoms with van der Waals surface area (Å²) < 4.78 is 5.64. The topological polar surface area (TPSA) is 9.23 Å². The van der Waals surface area contributed by atoms with E-state index in [1.54, 1.807) is 7.11 Å². The molecule has 0 fully saturated rings. The van der Waals surface area contributed by atoms with Crippen molar-refractivity contribution in [3.63, 3.8) is 0 Å². The molecule has 0 saturated carbocycles. The smallest absolute Gasteiger partial charge is 0.122 e. The first-order valence-corrected chi connectivity index (χ1v) is 10.8. The highest BCUT2D eigenvalue weighted by Crippen LogP contribution is 2.39. The van der Waals surface area contributed by atoms with Crippen molar-refractivity contribution in [2.45, 2.75) is 94.4 Å².